The number of ether oxygens (including phenoxy) is 1. The molecule has 0 spiro atoms. The van der Waals surface area contributed by atoms with Crippen LogP contribution in [0.4, 0.5) is 0 Å². The van der Waals surface area contributed by atoms with Gasteiger partial charge in [-0.15, -0.1) is 0 Å². The van der Waals surface area contributed by atoms with Gasteiger partial charge >= 0.3 is 0 Å². The fourth-order valence-corrected chi connectivity index (χ4v) is 4.06. The van der Waals surface area contributed by atoms with Crippen LogP contribution in [-0.2, 0) is 11.8 Å². The van der Waals surface area contributed by atoms with Crippen LogP contribution >= 0.6 is 15.9 Å². The van der Waals surface area contributed by atoms with Gasteiger partial charge in [0.15, 0.2) is 5.78 Å². The third-order valence-corrected chi connectivity index (χ3v) is 5.12. The molecule has 0 unspecified atom stereocenters. The Hall–Kier alpha value is -0.830. The standard InChI is InChI=1S/C19H27BrO2/c1-18(2,3)10-11-8-12-13(16(11)21)9-14(19(4,5)6)17(22-7)15(12)20/h9,11H,8,10H2,1-7H3/t11-/m1/s1. The highest BCUT2D eigenvalue weighted by atomic mass is 79.9. The van der Waals surface area contributed by atoms with Crippen LogP contribution in [0.2, 0.25) is 0 Å². The van der Waals surface area contributed by atoms with Gasteiger partial charge in [0, 0.05) is 17.0 Å². The SMILES string of the molecule is COc1c(C(C)(C)C)cc2c(c1Br)C[C@H](CC(C)(C)C)C2=O. The van der Waals surface area contributed by atoms with Gasteiger partial charge < -0.3 is 4.74 Å². The summed E-state index contributed by atoms with van der Waals surface area (Å²) in [6, 6.07) is 2.06. The molecular formula is C19H27BrO2. The van der Waals surface area contributed by atoms with Crippen LogP contribution in [0.3, 0.4) is 0 Å². The van der Waals surface area contributed by atoms with E-state index in [1.165, 1.54) is 0 Å². The van der Waals surface area contributed by atoms with E-state index >= 15 is 0 Å². The lowest BCUT2D eigenvalue weighted by molar-refractivity contribution is 0.0903. The highest BCUT2D eigenvalue weighted by Crippen LogP contribution is 2.46. The molecule has 0 fully saturated rings. The molecule has 0 aliphatic heterocycles. The van der Waals surface area contributed by atoms with Crippen LogP contribution in [0.5, 0.6) is 5.75 Å². The summed E-state index contributed by atoms with van der Waals surface area (Å²) in [7, 11) is 1.70. The lowest BCUT2D eigenvalue weighted by Gasteiger charge is -2.24. The molecule has 22 heavy (non-hydrogen) atoms. The van der Waals surface area contributed by atoms with E-state index in [4.69, 9.17) is 4.74 Å². The van der Waals surface area contributed by atoms with Gasteiger partial charge in [-0.3, -0.25) is 4.79 Å². The summed E-state index contributed by atoms with van der Waals surface area (Å²) in [5, 5.41) is 0. The average molecular weight is 367 g/mol. The molecule has 0 bridgehead atoms. The summed E-state index contributed by atoms with van der Waals surface area (Å²) in [6.45, 7) is 13.0. The Kier molecular flexibility index (Phi) is 4.51. The van der Waals surface area contributed by atoms with E-state index in [0.29, 0.717) is 5.78 Å². The molecule has 0 saturated heterocycles. The predicted octanol–water partition coefficient (Wildman–Crippen LogP) is 5.55. The minimum absolute atomic E-state index is 0.0642. The smallest absolute Gasteiger partial charge is 0.166 e. The van der Waals surface area contributed by atoms with Gasteiger partial charge in [0.25, 0.3) is 0 Å². The van der Waals surface area contributed by atoms with Crippen molar-refractivity contribution in [3.8, 4) is 5.75 Å². The maximum absolute atomic E-state index is 12.8. The molecule has 0 amide bonds. The first-order valence-electron chi connectivity index (χ1n) is 7.90. The first kappa shape index (κ1) is 17.5. The zero-order chi connectivity index (χ0) is 16.9. The fraction of sp³-hybridized carbons (Fsp3) is 0.632. The summed E-state index contributed by atoms with van der Waals surface area (Å²) in [5.41, 5.74) is 3.18. The Bertz CT molecular complexity index is 603. The van der Waals surface area contributed by atoms with Crippen molar-refractivity contribution >= 4 is 21.7 Å². The van der Waals surface area contributed by atoms with Crippen LogP contribution in [0.15, 0.2) is 10.5 Å². The molecule has 0 N–H and O–H groups in total. The summed E-state index contributed by atoms with van der Waals surface area (Å²) < 4.78 is 6.60. The molecule has 1 atom stereocenters. The number of rotatable bonds is 2. The van der Waals surface area contributed by atoms with Gasteiger partial charge in [0.05, 0.1) is 11.6 Å². The maximum Gasteiger partial charge on any atom is 0.166 e. The van der Waals surface area contributed by atoms with E-state index in [9.17, 15) is 4.79 Å². The van der Waals surface area contributed by atoms with E-state index in [1.807, 2.05) is 0 Å². The monoisotopic (exact) mass is 366 g/mol. The first-order valence-corrected chi connectivity index (χ1v) is 8.69. The van der Waals surface area contributed by atoms with Crippen molar-refractivity contribution in [2.75, 3.05) is 7.11 Å². The molecule has 1 aliphatic carbocycles. The van der Waals surface area contributed by atoms with Gasteiger partial charge in [-0.2, -0.15) is 0 Å². The molecule has 2 nitrogen and oxygen atoms in total. The second-order valence-electron chi connectivity index (χ2n) is 8.58. The number of hydrogen-bond acceptors (Lipinski definition) is 2. The minimum Gasteiger partial charge on any atom is -0.495 e. The van der Waals surface area contributed by atoms with Gasteiger partial charge in [-0.25, -0.2) is 0 Å². The number of Topliss-reactive ketones (excluding diaryl/α,β-unsaturated/α-hetero) is 1. The Morgan fingerprint density at radius 3 is 2.27 bits per heavy atom. The van der Waals surface area contributed by atoms with Crippen molar-refractivity contribution in [2.24, 2.45) is 11.3 Å². The Balaban J connectivity index is 2.53. The third-order valence-electron chi connectivity index (χ3n) is 4.28. The number of ketones is 1. The van der Waals surface area contributed by atoms with Crippen LogP contribution < -0.4 is 4.74 Å². The number of benzene rings is 1. The highest BCUT2D eigenvalue weighted by Gasteiger charge is 2.37. The highest BCUT2D eigenvalue weighted by molar-refractivity contribution is 9.10. The predicted molar refractivity (Wildman–Crippen MR) is 95.0 cm³/mol. The lowest BCUT2D eigenvalue weighted by atomic mass is 9.83. The van der Waals surface area contributed by atoms with Crippen molar-refractivity contribution in [1.82, 2.24) is 0 Å². The number of carbonyl (C=O) groups is 1. The number of halogens is 1. The quantitative estimate of drug-likeness (QED) is 0.685. The molecule has 1 aromatic carbocycles. The van der Waals surface area contributed by atoms with Gasteiger partial charge in [0.1, 0.15) is 5.75 Å². The minimum atomic E-state index is -0.0642. The van der Waals surface area contributed by atoms with Gasteiger partial charge in [-0.05, 0) is 51.2 Å². The van der Waals surface area contributed by atoms with E-state index < -0.39 is 0 Å². The summed E-state index contributed by atoms with van der Waals surface area (Å²) in [4.78, 5) is 12.8. The first-order chi connectivity index (χ1) is 9.95. The zero-order valence-corrected chi connectivity index (χ0v) is 16.3. The van der Waals surface area contributed by atoms with Gasteiger partial charge in [-0.1, -0.05) is 41.5 Å². The topological polar surface area (TPSA) is 26.3 Å². The van der Waals surface area contributed by atoms with Crippen molar-refractivity contribution in [2.45, 2.75) is 59.8 Å². The van der Waals surface area contributed by atoms with Crippen molar-refractivity contribution < 1.29 is 9.53 Å². The van der Waals surface area contributed by atoms with Crippen molar-refractivity contribution in [1.29, 1.82) is 0 Å². The lowest BCUT2D eigenvalue weighted by Crippen LogP contribution is -2.18. The summed E-state index contributed by atoms with van der Waals surface area (Å²) in [6.07, 6.45) is 1.73. The number of carbonyl (C=O) groups excluding carboxylic acids is 1. The van der Waals surface area contributed by atoms with E-state index in [1.54, 1.807) is 7.11 Å². The fourth-order valence-electron chi connectivity index (χ4n) is 3.31. The third kappa shape index (κ3) is 3.24. The molecule has 1 aliphatic rings. The normalized spacial score (nSPS) is 18.5. The van der Waals surface area contributed by atoms with Crippen molar-refractivity contribution in [3.63, 3.8) is 0 Å². The van der Waals surface area contributed by atoms with Crippen LogP contribution in [-0.4, -0.2) is 12.9 Å². The Labute approximate surface area is 142 Å². The molecule has 0 aromatic heterocycles. The van der Waals surface area contributed by atoms with Crippen LogP contribution in [0.1, 0.15) is 69.4 Å². The van der Waals surface area contributed by atoms with E-state index in [0.717, 1.165) is 39.8 Å². The Morgan fingerprint density at radius 2 is 1.82 bits per heavy atom. The summed E-state index contributed by atoms with van der Waals surface area (Å²) in [5.74, 6) is 1.25. The molecule has 2 rings (SSSR count). The van der Waals surface area contributed by atoms with Gasteiger partial charge in [0.2, 0.25) is 0 Å². The van der Waals surface area contributed by atoms with Crippen LogP contribution in [0, 0.1) is 11.3 Å². The largest absolute Gasteiger partial charge is 0.495 e. The van der Waals surface area contributed by atoms with E-state index in [2.05, 4.69) is 63.5 Å². The molecule has 0 radical (unpaired) electrons. The second-order valence-corrected chi connectivity index (χ2v) is 9.37. The maximum atomic E-state index is 12.8. The Morgan fingerprint density at radius 1 is 1.23 bits per heavy atom. The number of fused-ring (bicyclic) bond motifs is 1. The van der Waals surface area contributed by atoms with Crippen LogP contribution in [0.25, 0.3) is 0 Å². The molecule has 122 valence electrons. The molecule has 0 heterocycles. The average Bonchev–Trinajstić information content (AvgIpc) is 2.64. The number of methoxy groups -OCH3 is 1. The molecule has 3 heteroatoms. The molecule has 0 saturated carbocycles. The molecular weight excluding hydrogens is 340 g/mol. The van der Waals surface area contributed by atoms with E-state index in [-0.39, 0.29) is 16.7 Å². The zero-order valence-electron chi connectivity index (χ0n) is 14.8. The van der Waals surface area contributed by atoms with Crippen molar-refractivity contribution in [3.05, 3.63) is 27.2 Å². The molecule has 1 aromatic rings. The number of hydrogen-bond donors (Lipinski definition) is 0. The second kappa shape index (κ2) is 5.67. The summed E-state index contributed by atoms with van der Waals surface area (Å²) >= 11 is 3.69.